The summed E-state index contributed by atoms with van der Waals surface area (Å²) in [7, 11) is 1.14. The van der Waals surface area contributed by atoms with E-state index in [9.17, 15) is 28.3 Å². The first-order valence-corrected chi connectivity index (χ1v) is 9.65. The standard InChI is InChI=1S/C13H17FN2O4.C8H8FNO2/c1-4-9-5-8(14)6-10(15-9)12(18)16-11(7(2)17)13(19)20-3;1-2-6-3-5(9)4-7(10-6)8(11)12/h5-7,11,17H,4H2,1-3H3,(H,16,18);3-4H,2H2,1H3,(H,11,12). The summed E-state index contributed by atoms with van der Waals surface area (Å²) in [5.41, 5.74) is 0.470. The Labute approximate surface area is 183 Å². The van der Waals surface area contributed by atoms with Crippen LogP contribution >= 0.6 is 0 Å². The van der Waals surface area contributed by atoms with Crippen molar-refractivity contribution < 1.29 is 38.1 Å². The number of carboxylic acids is 1. The number of aryl methyl sites for hydroxylation is 2. The average molecular weight is 453 g/mol. The predicted octanol–water partition coefficient (Wildman–Crippen LogP) is 1.92. The lowest BCUT2D eigenvalue weighted by Crippen LogP contribution is -2.48. The zero-order chi connectivity index (χ0) is 24.4. The highest BCUT2D eigenvalue weighted by Gasteiger charge is 2.27. The van der Waals surface area contributed by atoms with Crippen molar-refractivity contribution in [2.75, 3.05) is 7.11 Å². The number of hydrogen-bond acceptors (Lipinski definition) is 7. The highest BCUT2D eigenvalue weighted by atomic mass is 19.1. The van der Waals surface area contributed by atoms with Crippen molar-refractivity contribution in [2.24, 2.45) is 0 Å². The third-order valence-electron chi connectivity index (χ3n) is 4.09. The van der Waals surface area contributed by atoms with Gasteiger partial charge in [-0.25, -0.2) is 28.3 Å². The molecule has 1 amide bonds. The summed E-state index contributed by atoms with van der Waals surface area (Å²) in [6.07, 6.45) is -0.155. The molecule has 174 valence electrons. The molecule has 0 radical (unpaired) electrons. The highest BCUT2D eigenvalue weighted by molar-refractivity contribution is 5.95. The first-order valence-electron chi connectivity index (χ1n) is 9.65. The van der Waals surface area contributed by atoms with E-state index in [1.165, 1.54) is 19.1 Å². The van der Waals surface area contributed by atoms with Gasteiger partial charge in [-0.2, -0.15) is 0 Å². The van der Waals surface area contributed by atoms with Crippen molar-refractivity contribution in [1.82, 2.24) is 15.3 Å². The largest absolute Gasteiger partial charge is 0.477 e. The van der Waals surface area contributed by atoms with Gasteiger partial charge in [0.05, 0.1) is 13.2 Å². The molecule has 0 spiro atoms. The summed E-state index contributed by atoms with van der Waals surface area (Å²) >= 11 is 0. The fourth-order valence-electron chi connectivity index (χ4n) is 2.41. The quantitative estimate of drug-likeness (QED) is 0.541. The van der Waals surface area contributed by atoms with E-state index in [0.717, 1.165) is 19.2 Å². The van der Waals surface area contributed by atoms with E-state index in [-0.39, 0.29) is 11.4 Å². The van der Waals surface area contributed by atoms with Crippen LogP contribution in [0.5, 0.6) is 0 Å². The lowest BCUT2D eigenvalue weighted by atomic mass is 10.1. The summed E-state index contributed by atoms with van der Waals surface area (Å²) in [6, 6.07) is 3.09. The van der Waals surface area contributed by atoms with Crippen LogP contribution in [0.4, 0.5) is 8.78 Å². The molecule has 0 fully saturated rings. The van der Waals surface area contributed by atoms with Crippen LogP contribution in [0.2, 0.25) is 0 Å². The van der Waals surface area contributed by atoms with Crippen LogP contribution in [0.1, 0.15) is 53.1 Å². The minimum Gasteiger partial charge on any atom is -0.477 e. The van der Waals surface area contributed by atoms with E-state index in [1.54, 1.807) is 13.8 Å². The van der Waals surface area contributed by atoms with Gasteiger partial charge in [-0.3, -0.25) is 4.79 Å². The van der Waals surface area contributed by atoms with E-state index in [4.69, 9.17) is 5.11 Å². The number of aromatic carboxylic acids is 1. The normalized spacial score (nSPS) is 12.1. The lowest BCUT2D eigenvalue weighted by molar-refractivity contribution is -0.145. The number of nitrogens with zero attached hydrogens (tertiary/aromatic N) is 2. The third-order valence-corrected chi connectivity index (χ3v) is 4.09. The molecule has 2 aromatic rings. The Morgan fingerprint density at radius 2 is 1.47 bits per heavy atom. The molecule has 0 saturated heterocycles. The topological polar surface area (TPSA) is 139 Å². The van der Waals surface area contributed by atoms with Crippen molar-refractivity contribution >= 4 is 17.8 Å². The van der Waals surface area contributed by atoms with E-state index in [0.29, 0.717) is 24.2 Å². The monoisotopic (exact) mass is 453 g/mol. The lowest BCUT2D eigenvalue weighted by Gasteiger charge is -2.18. The number of aromatic nitrogens is 2. The number of carbonyl (C=O) groups excluding carboxylic acids is 2. The highest BCUT2D eigenvalue weighted by Crippen LogP contribution is 2.07. The summed E-state index contributed by atoms with van der Waals surface area (Å²) < 4.78 is 30.5. The summed E-state index contributed by atoms with van der Waals surface area (Å²) in [5.74, 6) is -3.90. The Hall–Kier alpha value is -3.47. The number of methoxy groups -OCH3 is 1. The molecule has 2 rings (SSSR count). The van der Waals surface area contributed by atoms with Crippen LogP contribution in [0.3, 0.4) is 0 Å². The van der Waals surface area contributed by atoms with Crippen LogP contribution in [0.25, 0.3) is 0 Å². The van der Waals surface area contributed by atoms with Crippen molar-refractivity contribution in [3.63, 3.8) is 0 Å². The van der Waals surface area contributed by atoms with E-state index < -0.39 is 41.6 Å². The number of ether oxygens (including phenoxy) is 1. The second kappa shape index (κ2) is 12.4. The molecule has 0 aliphatic heterocycles. The van der Waals surface area contributed by atoms with E-state index >= 15 is 0 Å². The molecule has 32 heavy (non-hydrogen) atoms. The molecule has 0 aliphatic rings. The van der Waals surface area contributed by atoms with Gasteiger partial charge in [-0.1, -0.05) is 13.8 Å². The van der Waals surface area contributed by atoms with Crippen molar-refractivity contribution in [2.45, 2.75) is 45.8 Å². The van der Waals surface area contributed by atoms with Crippen LogP contribution in [0, 0.1) is 11.6 Å². The van der Waals surface area contributed by atoms with Crippen molar-refractivity contribution in [3.8, 4) is 0 Å². The molecule has 0 aliphatic carbocycles. The van der Waals surface area contributed by atoms with Gasteiger partial charge in [0.25, 0.3) is 5.91 Å². The molecule has 2 aromatic heterocycles. The molecule has 2 heterocycles. The summed E-state index contributed by atoms with van der Waals surface area (Å²) in [5, 5.41) is 20.2. The van der Waals surface area contributed by atoms with Gasteiger partial charge in [-0.15, -0.1) is 0 Å². The minimum absolute atomic E-state index is 0.156. The number of carboxylic acid groups (broad SMARTS) is 1. The van der Waals surface area contributed by atoms with Gasteiger partial charge >= 0.3 is 11.9 Å². The maximum atomic E-state index is 13.3. The number of nitrogens with one attached hydrogen (secondary N) is 1. The maximum Gasteiger partial charge on any atom is 0.354 e. The van der Waals surface area contributed by atoms with E-state index in [1.807, 2.05) is 0 Å². The first-order chi connectivity index (χ1) is 15.0. The van der Waals surface area contributed by atoms with Crippen LogP contribution in [-0.2, 0) is 22.4 Å². The molecule has 9 nitrogen and oxygen atoms in total. The van der Waals surface area contributed by atoms with Gasteiger partial charge in [0.1, 0.15) is 17.3 Å². The van der Waals surface area contributed by atoms with Gasteiger partial charge < -0.3 is 20.3 Å². The molecule has 0 bridgehead atoms. The smallest absolute Gasteiger partial charge is 0.354 e. The zero-order valence-electron chi connectivity index (χ0n) is 18.1. The number of aliphatic hydroxyl groups is 1. The number of carbonyl (C=O) groups is 3. The Bertz CT molecular complexity index is 969. The fourth-order valence-corrected chi connectivity index (χ4v) is 2.41. The molecule has 3 N–H and O–H groups in total. The summed E-state index contributed by atoms with van der Waals surface area (Å²) in [6.45, 7) is 4.89. The second-order valence-corrected chi connectivity index (χ2v) is 6.55. The first kappa shape index (κ1) is 26.6. The number of hydrogen-bond donors (Lipinski definition) is 3. The Morgan fingerprint density at radius 1 is 1.00 bits per heavy atom. The van der Waals surface area contributed by atoms with Gasteiger partial charge in [0.2, 0.25) is 0 Å². The van der Waals surface area contributed by atoms with Gasteiger partial charge in [0, 0.05) is 23.5 Å². The number of esters is 1. The molecule has 0 aromatic carbocycles. The van der Waals surface area contributed by atoms with E-state index in [2.05, 4.69) is 20.0 Å². The molecular formula is C21H25F2N3O6. The van der Waals surface area contributed by atoms with Crippen LogP contribution in [-0.4, -0.2) is 57.3 Å². The third kappa shape index (κ3) is 7.99. The summed E-state index contributed by atoms with van der Waals surface area (Å²) in [4.78, 5) is 41.4. The van der Waals surface area contributed by atoms with Crippen LogP contribution in [0.15, 0.2) is 24.3 Å². The molecular weight excluding hydrogens is 428 g/mol. The Balaban J connectivity index is 0.000000363. The number of aliphatic hydroxyl groups excluding tert-OH is 1. The second-order valence-electron chi connectivity index (χ2n) is 6.55. The van der Waals surface area contributed by atoms with Crippen molar-refractivity contribution in [1.29, 1.82) is 0 Å². The molecule has 2 atom stereocenters. The molecule has 2 unspecified atom stereocenters. The fraction of sp³-hybridized carbons (Fsp3) is 0.381. The van der Waals surface area contributed by atoms with Crippen LogP contribution < -0.4 is 5.32 Å². The number of halogens is 2. The SMILES string of the molecule is CCc1cc(F)cc(C(=O)NC(C(=O)OC)C(C)O)n1.CCc1cc(F)cc(C(=O)O)n1. The predicted molar refractivity (Wildman–Crippen MR) is 109 cm³/mol. The molecule has 0 saturated carbocycles. The van der Waals surface area contributed by atoms with Gasteiger partial charge in [0.15, 0.2) is 11.7 Å². The number of rotatable bonds is 7. The van der Waals surface area contributed by atoms with Gasteiger partial charge in [-0.05, 0) is 31.9 Å². The molecule has 11 heteroatoms. The van der Waals surface area contributed by atoms with Crippen molar-refractivity contribution in [3.05, 3.63) is 58.7 Å². The Kier molecular flexibility index (Phi) is 10.3. The minimum atomic E-state index is -1.23. The maximum absolute atomic E-state index is 13.3. The number of amides is 1. The Morgan fingerprint density at radius 3 is 1.88 bits per heavy atom. The zero-order valence-corrected chi connectivity index (χ0v) is 18.1. The number of pyridine rings is 2. The average Bonchev–Trinajstić information content (AvgIpc) is 2.75.